The Balaban J connectivity index is 1.79. The van der Waals surface area contributed by atoms with Crippen molar-refractivity contribution in [3.8, 4) is 47.5 Å². The van der Waals surface area contributed by atoms with E-state index in [1.807, 2.05) is 48.2 Å². The van der Waals surface area contributed by atoms with Crippen molar-refractivity contribution >= 4 is 19.8 Å². The monoisotopic (exact) mass is 494 g/mol. The fourth-order valence-corrected chi connectivity index (χ4v) is 6.55. The van der Waals surface area contributed by atoms with Crippen LogP contribution in [0.15, 0.2) is 65.6 Å². The van der Waals surface area contributed by atoms with Gasteiger partial charge in [-0.05, 0) is 60.3 Å². The number of thioether (sulfide) groups is 1. The first-order valence-corrected chi connectivity index (χ1v) is 16.1. The molecule has 0 aliphatic rings. The number of hydrogen-bond acceptors (Lipinski definition) is 3. The van der Waals surface area contributed by atoms with Crippen LogP contribution in [-0.2, 0) is 0 Å². The number of rotatable bonds is 6. The van der Waals surface area contributed by atoms with Gasteiger partial charge in [-0.25, -0.2) is 0 Å². The molecule has 2 nitrogen and oxygen atoms in total. The molecule has 35 heavy (non-hydrogen) atoms. The van der Waals surface area contributed by atoms with Gasteiger partial charge in [-0.3, -0.25) is 0 Å². The highest BCUT2D eigenvalue weighted by Gasteiger charge is 2.12. The van der Waals surface area contributed by atoms with E-state index in [1.54, 1.807) is 14.2 Å². The minimum absolute atomic E-state index is 0.650. The molecule has 0 aliphatic heterocycles. The Morgan fingerprint density at radius 2 is 1.17 bits per heavy atom. The van der Waals surface area contributed by atoms with Gasteiger partial charge < -0.3 is 9.47 Å². The van der Waals surface area contributed by atoms with E-state index in [0.717, 1.165) is 27.8 Å². The molecule has 0 aliphatic carbocycles. The zero-order valence-corrected chi connectivity index (χ0v) is 22.8. The number of hydrogen-bond donors (Lipinski definition) is 0. The Bertz CT molecular complexity index is 1320. The van der Waals surface area contributed by atoms with Gasteiger partial charge in [0.05, 0.1) is 25.3 Å². The fraction of sp³-hybridized carbons (Fsp3) is 0.226. The third-order valence-electron chi connectivity index (χ3n) is 5.23. The van der Waals surface area contributed by atoms with E-state index in [2.05, 4.69) is 73.5 Å². The fourth-order valence-electron chi connectivity index (χ4n) is 3.13. The Hall–Kier alpha value is -3.49. The normalized spacial score (nSPS) is 10.3. The SMILES string of the molecule is C#Cc1ccc(C#Cc2cc(OC)c(C#Cc3ccc(SCC[Si](C)(C)C)cc3)cc2OC)cc1. The second-order valence-electron chi connectivity index (χ2n) is 9.16. The highest BCUT2D eigenvalue weighted by Crippen LogP contribution is 2.28. The average molecular weight is 495 g/mol. The molecule has 0 unspecified atom stereocenters. The van der Waals surface area contributed by atoms with Crippen LogP contribution < -0.4 is 9.47 Å². The molecule has 0 fully saturated rings. The molecule has 4 heteroatoms. The number of ether oxygens (including phenoxy) is 2. The van der Waals surface area contributed by atoms with Gasteiger partial charge in [-0.1, -0.05) is 49.2 Å². The highest BCUT2D eigenvalue weighted by molar-refractivity contribution is 7.99. The predicted octanol–water partition coefficient (Wildman–Crippen LogP) is 6.92. The molecule has 0 spiro atoms. The molecule has 176 valence electrons. The maximum atomic E-state index is 5.60. The van der Waals surface area contributed by atoms with E-state index >= 15 is 0 Å². The molecule has 3 aromatic carbocycles. The molecule has 0 aromatic heterocycles. The molecular weight excluding hydrogens is 464 g/mol. The summed E-state index contributed by atoms with van der Waals surface area (Å²) in [6.07, 6.45) is 5.42. The van der Waals surface area contributed by atoms with Gasteiger partial charge in [0.1, 0.15) is 11.5 Å². The maximum Gasteiger partial charge on any atom is 0.136 e. The Kier molecular flexibility index (Phi) is 9.16. The molecule has 0 N–H and O–H groups in total. The van der Waals surface area contributed by atoms with Crippen LogP contribution >= 0.6 is 11.8 Å². The van der Waals surface area contributed by atoms with Crippen LogP contribution in [0.4, 0.5) is 0 Å². The molecule has 3 rings (SSSR count). The van der Waals surface area contributed by atoms with E-state index in [4.69, 9.17) is 15.9 Å². The summed E-state index contributed by atoms with van der Waals surface area (Å²) in [5.74, 6) is 17.9. The molecular formula is C31H30O2SSi. The summed E-state index contributed by atoms with van der Waals surface area (Å²) in [4.78, 5) is 1.28. The molecule has 0 heterocycles. The summed E-state index contributed by atoms with van der Waals surface area (Å²) in [6.45, 7) is 7.23. The number of benzene rings is 3. The van der Waals surface area contributed by atoms with Gasteiger partial charge in [0.25, 0.3) is 0 Å². The smallest absolute Gasteiger partial charge is 0.136 e. The topological polar surface area (TPSA) is 18.5 Å². The zero-order valence-electron chi connectivity index (χ0n) is 21.0. The van der Waals surface area contributed by atoms with Crippen molar-refractivity contribution in [1.29, 1.82) is 0 Å². The van der Waals surface area contributed by atoms with Crippen molar-refractivity contribution in [3.05, 3.63) is 88.5 Å². The Morgan fingerprint density at radius 1 is 0.714 bits per heavy atom. The summed E-state index contributed by atoms with van der Waals surface area (Å²) in [5.41, 5.74) is 4.14. The minimum atomic E-state index is -1.000. The van der Waals surface area contributed by atoms with Crippen LogP contribution in [0, 0.1) is 36.0 Å². The quantitative estimate of drug-likeness (QED) is 0.211. The molecule has 0 atom stereocenters. The summed E-state index contributed by atoms with van der Waals surface area (Å²) in [5, 5.41) is 0. The maximum absolute atomic E-state index is 5.60. The number of terminal acetylenes is 1. The van der Waals surface area contributed by atoms with Crippen LogP contribution in [0.5, 0.6) is 11.5 Å². The predicted molar refractivity (Wildman–Crippen MR) is 151 cm³/mol. The lowest BCUT2D eigenvalue weighted by molar-refractivity contribution is 0.401. The van der Waals surface area contributed by atoms with Crippen LogP contribution in [0.2, 0.25) is 25.7 Å². The van der Waals surface area contributed by atoms with E-state index in [-0.39, 0.29) is 0 Å². The van der Waals surface area contributed by atoms with Crippen LogP contribution in [0.3, 0.4) is 0 Å². The van der Waals surface area contributed by atoms with Crippen LogP contribution in [0.1, 0.15) is 27.8 Å². The van der Waals surface area contributed by atoms with Gasteiger partial charge in [0.2, 0.25) is 0 Å². The lowest BCUT2D eigenvalue weighted by Gasteiger charge is -2.14. The van der Waals surface area contributed by atoms with Crippen LogP contribution in [0.25, 0.3) is 0 Å². The van der Waals surface area contributed by atoms with Gasteiger partial charge in [0.15, 0.2) is 0 Å². The zero-order chi connectivity index (χ0) is 25.3. The van der Waals surface area contributed by atoms with Crippen molar-refractivity contribution in [2.45, 2.75) is 30.6 Å². The summed E-state index contributed by atoms with van der Waals surface area (Å²) in [7, 11) is 2.26. The lowest BCUT2D eigenvalue weighted by atomic mass is 10.1. The van der Waals surface area contributed by atoms with Crippen molar-refractivity contribution in [2.24, 2.45) is 0 Å². The summed E-state index contributed by atoms with van der Waals surface area (Å²) in [6, 6.07) is 21.0. The molecule has 0 saturated heterocycles. The van der Waals surface area contributed by atoms with Crippen molar-refractivity contribution < 1.29 is 9.47 Å². The number of methoxy groups -OCH3 is 2. The largest absolute Gasteiger partial charge is 0.495 e. The first-order valence-electron chi connectivity index (χ1n) is 11.4. The minimum Gasteiger partial charge on any atom is -0.495 e. The third kappa shape index (κ3) is 8.05. The van der Waals surface area contributed by atoms with E-state index < -0.39 is 8.07 Å². The van der Waals surface area contributed by atoms with E-state index in [1.165, 1.54) is 16.7 Å². The van der Waals surface area contributed by atoms with Gasteiger partial charge in [0, 0.05) is 41.8 Å². The van der Waals surface area contributed by atoms with Crippen molar-refractivity contribution in [1.82, 2.24) is 0 Å². The van der Waals surface area contributed by atoms with Crippen molar-refractivity contribution in [3.63, 3.8) is 0 Å². The standard InChI is InChI=1S/C31H30O2SSi/c1-7-24-8-10-25(11-9-24)12-16-27-22-31(33-3)28(23-30(27)32-2)17-13-26-14-18-29(19-15-26)34-20-21-35(4,5)6/h1,8-11,14-15,18-19,22-23H,20-21H2,2-6H3. The third-order valence-corrected chi connectivity index (χ3v) is 8.36. The molecule has 0 radical (unpaired) electrons. The first-order chi connectivity index (χ1) is 16.8. The second-order valence-corrected chi connectivity index (χ2v) is 15.9. The second kappa shape index (κ2) is 12.3. The van der Waals surface area contributed by atoms with Crippen LogP contribution in [-0.4, -0.2) is 28.0 Å². The average Bonchev–Trinajstić information content (AvgIpc) is 2.86. The Labute approximate surface area is 215 Å². The Morgan fingerprint density at radius 3 is 1.60 bits per heavy atom. The van der Waals surface area contributed by atoms with E-state index in [0.29, 0.717) is 11.5 Å². The van der Waals surface area contributed by atoms with E-state index in [9.17, 15) is 0 Å². The molecule has 0 amide bonds. The van der Waals surface area contributed by atoms with Gasteiger partial charge >= 0.3 is 0 Å². The summed E-state index contributed by atoms with van der Waals surface area (Å²) >= 11 is 1.92. The first kappa shape index (κ1) is 26.1. The molecule has 3 aromatic rings. The highest BCUT2D eigenvalue weighted by atomic mass is 32.2. The van der Waals surface area contributed by atoms with Gasteiger partial charge in [-0.2, -0.15) is 0 Å². The summed E-state index contributed by atoms with van der Waals surface area (Å²) < 4.78 is 11.2. The molecule has 0 bridgehead atoms. The lowest BCUT2D eigenvalue weighted by Crippen LogP contribution is -2.19. The van der Waals surface area contributed by atoms with Gasteiger partial charge in [-0.15, -0.1) is 18.2 Å². The molecule has 0 saturated carbocycles. The van der Waals surface area contributed by atoms with Crippen molar-refractivity contribution in [2.75, 3.05) is 20.0 Å².